The first-order chi connectivity index (χ1) is 9.94. The van der Waals surface area contributed by atoms with Crippen LogP contribution in [-0.4, -0.2) is 48.1 Å². The molecule has 22 heavy (non-hydrogen) atoms. The van der Waals surface area contributed by atoms with Crippen LogP contribution in [0.5, 0.6) is 0 Å². The maximum Gasteiger partial charge on any atom is 0.351 e. The molecule has 0 rings (SSSR count). The van der Waals surface area contributed by atoms with Gasteiger partial charge in [-0.15, -0.1) is 0 Å². The van der Waals surface area contributed by atoms with Crippen molar-refractivity contribution in [3.63, 3.8) is 0 Å². The number of hydrogen-bond donors (Lipinski definition) is 0. The molecular weight excluding hydrogens is 322 g/mol. The van der Waals surface area contributed by atoms with E-state index in [0.29, 0.717) is 5.67 Å². The van der Waals surface area contributed by atoms with Crippen molar-refractivity contribution in [3.8, 4) is 0 Å². The van der Waals surface area contributed by atoms with Gasteiger partial charge in [-0.2, -0.15) is 0 Å². The van der Waals surface area contributed by atoms with Gasteiger partial charge in [-0.1, -0.05) is 60.1 Å². The molecule has 0 aromatic carbocycles. The van der Waals surface area contributed by atoms with Crippen LogP contribution in [0.4, 0.5) is 0 Å². The Morgan fingerprint density at radius 1 is 0.727 bits per heavy atom. The first-order valence-corrected chi connectivity index (χ1v) is 18.3. The molecule has 6 heteroatoms. The molecule has 0 aromatic heterocycles. The Kier molecular flexibility index (Phi) is 9.35. The minimum atomic E-state index is -2.21. The van der Waals surface area contributed by atoms with Gasteiger partial charge in [-0.25, -0.2) is 0 Å². The van der Waals surface area contributed by atoms with E-state index in [-0.39, 0.29) is 0 Å². The van der Waals surface area contributed by atoms with Crippen molar-refractivity contribution in [2.24, 2.45) is 0 Å². The second kappa shape index (κ2) is 9.13. The molecule has 1 atom stereocenters. The van der Waals surface area contributed by atoms with E-state index in [1.54, 1.807) is 0 Å². The highest BCUT2D eigenvalue weighted by Crippen LogP contribution is 2.31. The Bertz CT molecular complexity index is 291. The Balaban J connectivity index is 5.66. The third-order valence-corrected chi connectivity index (χ3v) is 15.4. The maximum atomic E-state index is 6.42. The van der Waals surface area contributed by atoms with Crippen molar-refractivity contribution in [2.75, 3.05) is 13.2 Å². The first kappa shape index (κ1) is 22.5. The maximum absolute atomic E-state index is 6.42. The summed E-state index contributed by atoms with van der Waals surface area (Å²) in [6, 6.07) is 0. The minimum Gasteiger partial charge on any atom is -0.394 e. The second-order valence-electron chi connectivity index (χ2n) is 8.35. The molecule has 0 amide bonds. The van der Waals surface area contributed by atoms with Gasteiger partial charge in [-0.05, 0) is 25.8 Å². The van der Waals surface area contributed by atoms with Gasteiger partial charge in [-0.3, -0.25) is 0 Å². The highest BCUT2D eigenvalue weighted by molar-refractivity contribution is 6.91. The summed E-state index contributed by atoms with van der Waals surface area (Å²) in [6.07, 6.45) is 3.26. The lowest BCUT2D eigenvalue weighted by Gasteiger charge is -2.52. The zero-order valence-electron chi connectivity index (χ0n) is 16.9. The fourth-order valence-electron chi connectivity index (χ4n) is 3.57. The zero-order valence-corrected chi connectivity index (χ0v) is 19.9. The molecule has 0 saturated heterocycles. The molecule has 0 aliphatic rings. The molecule has 0 fully saturated rings. The Morgan fingerprint density at radius 2 is 1.09 bits per heavy atom. The fourth-order valence-corrected chi connectivity index (χ4v) is 20.5. The van der Waals surface area contributed by atoms with Gasteiger partial charge in [0.05, 0.1) is 0 Å². The van der Waals surface area contributed by atoms with Crippen molar-refractivity contribution in [2.45, 2.75) is 91.5 Å². The highest BCUT2D eigenvalue weighted by Gasteiger charge is 2.50. The standard InChI is InChI=1S/C16H41NO2Si3/c1-11-14-18-22(10,19-15-12-2)16(13-3)17(20(4,5)6)21(7,8)9/h16H,11-15H2,1-10H3. The summed E-state index contributed by atoms with van der Waals surface area (Å²) in [5, 5.41) is 0. The summed E-state index contributed by atoms with van der Waals surface area (Å²) < 4.78 is 15.7. The van der Waals surface area contributed by atoms with Crippen LogP contribution in [0.1, 0.15) is 40.0 Å². The quantitative estimate of drug-likeness (QED) is 0.471. The van der Waals surface area contributed by atoms with Crippen LogP contribution < -0.4 is 0 Å². The monoisotopic (exact) mass is 363 g/mol. The van der Waals surface area contributed by atoms with E-state index in [1.807, 2.05) is 0 Å². The van der Waals surface area contributed by atoms with Crippen molar-refractivity contribution in [1.29, 1.82) is 0 Å². The van der Waals surface area contributed by atoms with Crippen molar-refractivity contribution >= 4 is 25.0 Å². The summed E-state index contributed by atoms with van der Waals surface area (Å²) in [6.45, 7) is 25.5. The Labute approximate surface area is 143 Å². The predicted octanol–water partition coefficient (Wildman–Crippen LogP) is 5.20. The summed E-state index contributed by atoms with van der Waals surface area (Å²) >= 11 is 0. The van der Waals surface area contributed by atoms with Gasteiger partial charge >= 0.3 is 8.56 Å². The van der Waals surface area contributed by atoms with E-state index >= 15 is 0 Å². The zero-order chi connectivity index (χ0) is 17.6. The number of nitrogens with zero attached hydrogens (tertiary/aromatic N) is 1. The summed E-state index contributed by atoms with van der Waals surface area (Å²) in [7, 11) is -5.06. The number of hydrogen-bond acceptors (Lipinski definition) is 3. The van der Waals surface area contributed by atoms with Crippen LogP contribution in [0.3, 0.4) is 0 Å². The first-order valence-electron chi connectivity index (χ1n) is 9.01. The molecule has 0 N–H and O–H groups in total. The van der Waals surface area contributed by atoms with Gasteiger partial charge < -0.3 is 13.1 Å². The molecule has 0 heterocycles. The lowest BCUT2D eigenvalue weighted by atomic mass is 10.5. The van der Waals surface area contributed by atoms with Crippen LogP contribution in [0.15, 0.2) is 0 Å². The third-order valence-electron chi connectivity index (χ3n) is 3.93. The average Bonchev–Trinajstić information content (AvgIpc) is 2.37. The number of rotatable bonds is 11. The smallest absolute Gasteiger partial charge is 0.351 e. The normalized spacial score (nSPS) is 15.4. The van der Waals surface area contributed by atoms with E-state index in [1.165, 1.54) is 0 Å². The van der Waals surface area contributed by atoms with Gasteiger partial charge in [0, 0.05) is 18.9 Å². The van der Waals surface area contributed by atoms with Crippen LogP contribution in [0.2, 0.25) is 45.8 Å². The minimum absolute atomic E-state index is 0.476. The largest absolute Gasteiger partial charge is 0.394 e. The van der Waals surface area contributed by atoms with Crippen LogP contribution >= 0.6 is 0 Å². The lowest BCUT2D eigenvalue weighted by molar-refractivity contribution is 0.152. The molecule has 1 unspecified atom stereocenters. The molecule has 0 aliphatic carbocycles. The molecule has 3 nitrogen and oxygen atoms in total. The molecule has 0 saturated carbocycles. The van der Waals surface area contributed by atoms with Gasteiger partial charge in [0.2, 0.25) is 0 Å². The summed E-state index contributed by atoms with van der Waals surface area (Å²) in [4.78, 5) is 0. The predicted molar refractivity (Wildman–Crippen MR) is 107 cm³/mol. The molecule has 0 aliphatic heterocycles. The topological polar surface area (TPSA) is 21.7 Å². The Morgan fingerprint density at radius 3 is 1.32 bits per heavy atom. The van der Waals surface area contributed by atoms with E-state index < -0.39 is 25.0 Å². The van der Waals surface area contributed by atoms with Crippen molar-refractivity contribution in [1.82, 2.24) is 4.23 Å². The SMILES string of the molecule is CCCO[Si](C)(OCCC)C(CC)N([Si](C)(C)C)[Si](C)(C)C. The highest BCUT2D eigenvalue weighted by atomic mass is 28.4. The van der Waals surface area contributed by atoms with Crippen LogP contribution in [0.25, 0.3) is 0 Å². The molecule has 0 aromatic rings. The van der Waals surface area contributed by atoms with E-state index in [4.69, 9.17) is 8.85 Å². The van der Waals surface area contributed by atoms with Crippen LogP contribution in [-0.2, 0) is 8.85 Å². The molecule has 0 bridgehead atoms. The van der Waals surface area contributed by atoms with Crippen molar-refractivity contribution in [3.05, 3.63) is 0 Å². The van der Waals surface area contributed by atoms with Gasteiger partial charge in [0.15, 0.2) is 0 Å². The summed E-state index contributed by atoms with van der Waals surface area (Å²) in [5.41, 5.74) is 0.476. The molecule has 0 spiro atoms. The van der Waals surface area contributed by atoms with E-state index in [0.717, 1.165) is 32.5 Å². The fraction of sp³-hybridized carbons (Fsp3) is 1.00. The molecule has 0 radical (unpaired) electrons. The van der Waals surface area contributed by atoms with E-state index in [9.17, 15) is 0 Å². The van der Waals surface area contributed by atoms with E-state index in [2.05, 4.69) is 70.8 Å². The van der Waals surface area contributed by atoms with Gasteiger partial charge in [0.25, 0.3) is 0 Å². The third kappa shape index (κ3) is 6.57. The molecule has 134 valence electrons. The van der Waals surface area contributed by atoms with Crippen molar-refractivity contribution < 1.29 is 8.85 Å². The molecular formula is C16H41NO2Si3. The summed E-state index contributed by atoms with van der Waals surface area (Å²) in [5.74, 6) is 0. The second-order valence-corrected chi connectivity index (χ2v) is 21.7. The average molecular weight is 364 g/mol. The van der Waals surface area contributed by atoms with Gasteiger partial charge in [0.1, 0.15) is 16.5 Å². The lowest BCUT2D eigenvalue weighted by Crippen LogP contribution is -2.71. The van der Waals surface area contributed by atoms with Crippen LogP contribution in [0, 0.1) is 0 Å². The Hall–Kier alpha value is 0.531.